The van der Waals surface area contributed by atoms with Crippen molar-refractivity contribution in [2.75, 3.05) is 6.54 Å². The summed E-state index contributed by atoms with van der Waals surface area (Å²) in [5.74, 6) is 0.848. The second-order valence-electron chi connectivity index (χ2n) is 6.98. The molecule has 0 bridgehead atoms. The molecule has 0 saturated carbocycles. The normalized spacial score (nSPS) is 15.1. The number of pyridine rings is 1. The Morgan fingerprint density at radius 2 is 1.93 bits per heavy atom. The second kappa shape index (κ2) is 7.23. The summed E-state index contributed by atoms with van der Waals surface area (Å²) in [4.78, 5) is 16.5. The molecule has 1 N–H and O–H groups in total. The number of aromatic nitrogens is 1. The predicted molar refractivity (Wildman–Crippen MR) is 106 cm³/mol. The number of carbonyl (C=O) groups excluding carboxylic acids is 1. The van der Waals surface area contributed by atoms with E-state index in [9.17, 15) is 4.79 Å². The lowest BCUT2D eigenvalue weighted by atomic mass is 10.0. The molecule has 1 aromatic heterocycles. The van der Waals surface area contributed by atoms with Crippen LogP contribution in [0.4, 0.5) is 0 Å². The molecule has 0 unspecified atom stereocenters. The maximum atomic E-state index is 12.5. The average Bonchev–Trinajstić information content (AvgIpc) is 3.12. The summed E-state index contributed by atoms with van der Waals surface area (Å²) >= 11 is 0. The van der Waals surface area contributed by atoms with E-state index in [1.807, 2.05) is 50.2 Å². The molecule has 4 heteroatoms. The van der Waals surface area contributed by atoms with Gasteiger partial charge in [0.15, 0.2) is 0 Å². The number of aryl methyl sites for hydroxylation is 2. The zero-order valence-corrected chi connectivity index (χ0v) is 15.5. The van der Waals surface area contributed by atoms with Gasteiger partial charge in [0.1, 0.15) is 11.9 Å². The third-order valence-electron chi connectivity index (χ3n) is 5.08. The first-order chi connectivity index (χ1) is 13.1. The molecule has 4 rings (SSSR count). The fraction of sp³-hybridized carbons (Fsp3) is 0.217. The lowest BCUT2D eigenvalue weighted by Gasteiger charge is -2.14. The number of para-hydroxylation sites is 1. The van der Waals surface area contributed by atoms with Gasteiger partial charge < -0.3 is 10.1 Å². The maximum Gasteiger partial charge on any atom is 0.251 e. The number of amides is 1. The molecular formula is C23H22N2O2. The Morgan fingerprint density at radius 1 is 1.11 bits per heavy atom. The molecule has 1 atom stereocenters. The summed E-state index contributed by atoms with van der Waals surface area (Å²) in [6.07, 6.45) is 4.30. The monoisotopic (exact) mass is 358 g/mol. The maximum absolute atomic E-state index is 12.5. The minimum absolute atomic E-state index is 0.0570. The van der Waals surface area contributed by atoms with Crippen LogP contribution in [-0.2, 0) is 6.42 Å². The van der Waals surface area contributed by atoms with Crippen LogP contribution in [0.1, 0.15) is 27.0 Å². The van der Waals surface area contributed by atoms with Gasteiger partial charge in [0.2, 0.25) is 0 Å². The minimum Gasteiger partial charge on any atom is -0.487 e. The van der Waals surface area contributed by atoms with Gasteiger partial charge in [0, 0.05) is 29.9 Å². The van der Waals surface area contributed by atoms with Crippen molar-refractivity contribution in [1.82, 2.24) is 10.3 Å². The Bertz CT molecular complexity index is 983. The van der Waals surface area contributed by atoms with E-state index in [4.69, 9.17) is 4.74 Å². The molecule has 0 aliphatic carbocycles. The van der Waals surface area contributed by atoms with Gasteiger partial charge in [-0.05, 0) is 60.4 Å². The molecule has 0 radical (unpaired) electrons. The van der Waals surface area contributed by atoms with Gasteiger partial charge in [-0.1, -0.05) is 24.3 Å². The standard InChI is InChI=1S/C23H22N2O2/c1-15-6-7-19(12-16(15)2)23(26)25-14-20-13-18-4-3-5-21(22(18)27-20)17-8-10-24-11-9-17/h3-12,20H,13-14H2,1-2H3,(H,25,26)/t20-/m1/s1. The number of hydrogen-bond acceptors (Lipinski definition) is 3. The molecule has 136 valence electrons. The second-order valence-corrected chi connectivity index (χ2v) is 6.98. The van der Waals surface area contributed by atoms with Crippen LogP contribution >= 0.6 is 0 Å². The summed E-state index contributed by atoms with van der Waals surface area (Å²) in [6, 6.07) is 15.9. The zero-order valence-electron chi connectivity index (χ0n) is 15.5. The van der Waals surface area contributed by atoms with Gasteiger partial charge in [-0.3, -0.25) is 9.78 Å². The van der Waals surface area contributed by atoms with Crippen molar-refractivity contribution < 1.29 is 9.53 Å². The van der Waals surface area contributed by atoms with Gasteiger partial charge in [0.25, 0.3) is 5.91 Å². The molecule has 2 aromatic carbocycles. The van der Waals surface area contributed by atoms with Gasteiger partial charge in [-0.2, -0.15) is 0 Å². The number of benzene rings is 2. The largest absolute Gasteiger partial charge is 0.487 e. The van der Waals surface area contributed by atoms with Crippen LogP contribution < -0.4 is 10.1 Å². The highest BCUT2D eigenvalue weighted by molar-refractivity contribution is 5.94. The summed E-state index contributed by atoms with van der Waals surface area (Å²) in [5, 5.41) is 3.01. The molecular weight excluding hydrogens is 336 g/mol. The van der Waals surface area contributed by atoms with E-state index in [0.29, 0.717) is 12.1 Å². The van der Waals surface area contributed by atoms with E-state index in [2.05, 4.69) is 22.4 Å². The topological polar surface area (TPSA) is 51.2 Å². The third-order valence-corrected chi connectivity index (χ3v) is 5.08. The molecule has 1 amide bonds. The van der Waals surface area contributed by atoms with Crippen molar-refractivity contribution in [2.45, 2.75) is 26.4 Å². The smallest absolute Gasteiger partial charge is 0.251 e. The van der Waals surface area contributed by atoms with Crippen LogP contribution in [-0.4, -0.2) is 23.5 Å². The first-order valence-electron chi connectivity index (χ1n) is 9.16. The quantitative estimate of drug-likeness (QED) is 0.764. The predicted octanol–water partition coefficient (Wildman–Crippen LogP) is 4.10. The molecule has 1 aliphatic rings. The average molecular weight is 358 g/mol. The van der Waals surface area contributed by atoms with Crippen LogP contribution in [0.2, 0.25) is 0 Å². The highest BCUT2D eigenvalue weighted by Crippen LogP contribution is 2.38. The van der Waals surface area contributed by atoms with Crippen molar-refractivity contribution in [3.8, 4) is 16.9 Å². The van der Waals surface area contributed by atoms with E-state index in [1.165, 1.54) is 11.1 Å². The first-order valence-corrected chi connectivity index (χ1v) is 9.16. The van der Waals surface area contributed by atoms with Crippen LogP contribution in [0.25, 0.3) is 11.1 Å². The van der Waals surface area contributed by atoms with Crippen LogP contribution in [0, 0.1) is 13.8 Å². The Kier molecular flexibility index (Phi) is 4.63. The zero-order chi connectivity index (χ0) is 18.8. The SMILES string of the molecule is Cc1ccc(C(=O)NC[C@H]2Cc3cccc(-c4ccncc4)c3O2)cc1C. The number of hydrogen-bond donors (Lipinski definition) is 1. The number of nitrogens with zero attached hydrogens (tertiary/aromatic N) is 1. The Labute approximate surface area is 159 Å². The highest BCUT2D eigenvalue weighted by Gasteiger charge is 2.26. The van der Waals surface area contributed by atoms with Gasteiger partial charge in [-0.25, -0.2) is 0 Å². The molecule has 2 heterocycles. The number of nitrogens with one attached hydrogen (secondary N) is 1. The highest BCUT2D eigenvalue weighted by atomic mass is 16.5. The van der Waals surface area contributed by atoms with Crippen molar-refractivity contribution in [1.29, 1.82) is 0 Å². The van der Waals surface area contributed by atoms with E-state index in [0.717, 1.165) is 28.9 Å². The lowest BCUT2D eigenvalue weighted by Crippen LogP contribution is -2.34. The van der Waals surface area contributed by atoms with Crippen molar-refractivity contribution >= 4 is 5.91 Å². The minimum atomic E-state index is -0.0630. The summed E-state index contributed by atoms with van der Waals surface area (Å²) in [6.45, 7) is 4.54. The lowest BCUT2D eigenvalue weighted by molar-refractivity contribution is 0.0933. The Hall–Kier alpha value is -3.14. The van der Waals surface area contributed by atoms with E-state index >= 15 is 0 Å². The fourth-order valence-electron chi connectivity index (χ4n) is 3.40. The first kappa shape index (κ1) is 17.3. The van der Waals surface area contributed by atoms with Crippen LogP contribution in [0.3, 0.4) is 0 Å². The number of carbonyl (C=O) groups is 1. The van der Waals surface area contributed by atoms with Gasteiger partial charge in [0.05, 0.1) is 6.54 Å². The third kappa shape index (κ3) is 3.56. The summed E-state index contributed by atoms with van der Waals surface area (Å²) < 4.78 is 6.19. The number of fused-ring (bicyclic) bond motifs is 1. The van der Waals surface area contributed by atoms with E-state index < -0.39 is 0 Å². The number of ether oxygens (including phenoxy) is 1. The Morgan fingerprint density at radius 3 is 2.70 bits per heavy atom. The molecule has 0 spiro atoms. The summed E-state index contributed by atoms with van der Waals surface area (Å²) in [7, 11) is 0. The van der Waals surface area contributed by atoms with Crippen molar-refractivity contribution in [3.63, 3.8) is 0 Å². The van der Waals surface area contributed by atoms with Crippen molar-refractivity contribution in [3.05, 3.63) is 83.2 Å². The molecule has 0 saturated heterocycles. The molecule has 1 aliphatic heterocycles. The summed E-state index contributed by atoms with van der Waals surface area (Å²) in [5.41, 5.74) is 6.32. The molecule has 0 fully saturated rings. The van der Waals surface area contributed by atoms with E-state index in [-0.39, 0.29) is 12.0 Å². The fourth-order valence-corrected chi connectivity index (χ4v) is 3.40. The van der Waals surface area contributed by atoms with E-state index in [1.54, 1.807) is 12.4 Å². The van der Waals surface area contributed by atoms with Crippen molar-refractivity contribution in [2.24, 2.45) is 0 Å². The molecule has 4 nitrogen and oxygen atoms in total. The number of rotatable bonds is 4. The molecule has 3 aromatic rings. The van der Waals surface area contributed by atoms with Crippen LogP contribution in [0.15, 0.2) is 60.9 Å². The molecule has 27 heavy (non-hydrogen) atoms. The van der Waals surface area contributed by atoms with Gasteiger partial charge in [-0.15, -0.1) is 0 Å². The Balaban J connectivity index is 1.45. The van der Waals surface area contributed by atoms with Crippen LogP contribution in [0.5, 0.6) is 5.75 Å². The van der Waals surface area contributed by atoms with Gasteiger partial charge >= 0.3 is 0 Å².